The summed E-state index contributed by atoms with van der Waals surface area (Å²) in [6.07, 6.45) is -4.18. The van der Waals surface area contributed by atoms with Crippen molar-refractivity contribution in [1.82, 2.24) is 4.90 Å². The van der Waals surface area contributed by atoms with Crippen LogP contribution < -0.4 is 5.73 Å². The van der Waals surface area contributed by atoms with Crippen LogP contribution in [0.4, 0.5) is 13.2 Å². The molecule has 1 aliphatic rings. The molecule has 1 aromatic rings. The van der Waals surface area contributed by atoms with E-state index in [1.54, 1.807) is 6.92 Å². The van der Waals surface area contributed by atoms with E-state index in [4.69, 9.17) is 5.73 Å². The number of nitrogens with two attached hydrogens (primary N) is 1. The summed E-state index contributed by atoms with van der Waals surface area (Å²) in [6.45, 7) is 2.66. The summed E-state index contributed by atoms with van der Waals surface area (Å²) in [4.78, 5) is 1.85. The third kappa shape index (κ3) is 3.09. The molecule has 0 radical (unpaired) electrons. The van der Waals surface area contributed by atoms with Crippen molar-refractivity contribution in [3.63, 3.8) is 0 Å². The molecule has 0 saturated carbocycles. The molecule has 1 saturated heterocycles. The number of likely N-dealkylation sites (tertiary alicyclic amines) is 1. The molecular weight excluding hydrogens is 253 g/mol. The predicted octanol–water partition coefficient (Wildman–Crippen LogP) is 2.65. The van der Waals surface area contributed by atoms with Crippen molar-refractivity contribution in [2.45, 2.75) is 19.6 Å². The summed E-state index contributed by atoms with van der Waals surface area (Å²) in [5.41, 5.74) is 5.73. The van der Waals surface area contributed by atoms with Gasteiger partial charge in [0.05, 0.1) is 5.92 Å². The minimum absolute atomic E-state index is 0.0338. The summed E-state index contributed by atoms with van der Waals surface area (Å²) >= 11 is 0. The zero-order valence-electron chi connectivity index (χ0n) is 11.0. The van der Waals surface area contributed by atoms with Crippen LogP contribution in [-0.2, 0) is 6.54 Å². The monoisotopic (exact) mass is 272 g/mol. The standard InChI is InChI=1S/C14H19F3N2/c1-13(9-18)10-19(8-12(13)14(15,16)17)7-11-5-3-2-4-6-11/h2-6,12H,7-10,18H2,1H3/t12-,13-/m0/s1. The molecule has 1 heterocycles. The molecule has 0 aliphatic carbocycles. The highest BCUT2D eigenvalue weighted by atomic mass is 19.4. The number of nitrogens with zero attached hydrogens (tertiary/aromatic N) is 1. The van der Waals surface area contributed by atoms with Crippen molar-refractivity contribution >= 4 is 0 Å². The van der Waals surface area contributed by atoms with Gasteiger partial charge in [0.2, 0.25) is 0 Å². The Balaban J connectivity index is 2.11. The second-order valence-electron chi connectivity index (χ2n) is 5.61. The lowest BCUT2D eigenvalue weighted by Gasteiger charge is -2.30. The zero-order chi connectivity index (χ0) is 14.1. The summed E-state index contributed by atoms with van der Waals surface area (Å²) in [5, 5.41) is 0. The van der Waals surface area contributed by atoms with E-state index in [9.17, 15) is 13.2 Å². The smallest absolute Gasteiger partial charge is 0.330 e. The topological polar surface area (TPSA) is 29.3 Å². The fourth-order valence-corrected chi connectivity index (χ4v) is 2.83. The first kappa shape index (κ1) is 14.3. The fraction of sp³-hybridized carbons (Fsp3) is 0.571. The number of rotatable bonds is 3. The van der Waals surface area contributed by atoms with Crippen LogP contribution in [0.25, 0.3) is 0 Å². The van der Waals surface area contributed by atoms with E-state index in [1.165, 1.54) is 0 Å². The van der Waals surface area contributed by atoms with Gasteiger partial charge in [0.25, 0.3) is 0 Å². The molecule has 106 valence electrons. The molecule has 1 aliphatic heterocycles. The van der Waals surface area contributed by atoms with Crippen molar-refractivity contribution in [1.29, 1.82) is 0 Å². The Bertz CT molecular complexity index is 418. The van der Waals surface area contributed by atoms with Crippen LogP contribution in [0.2, 0.25) is 0 Å². The Morgan fingerprint density at radius 3 is 2.42 bits per heavy atom. The molecule has 0 spiro atoms. The van der Waals surface area contributed by atoms with E-state index in [2.05, 4.69) is 0 Å². The van der Waals surface area contributed by atoms with Gasteiger partial charge in [-0.05, 0) is 12.1 Å². The molecule has 19 heavy (non-hydrogen) atoms. The lowest BCUT2D eigenvalue weighted by molar-refractivity contribution is -0.192. The van der Waals surface area contributed by atoms with Gasteiger partial charge in [-0.3, -0.25) is 4.90 Å². The van der Waals surface area contributed by atoms with E-state index in [0.717, 1.165) is 5.56 Å². The van der Waals surface area contributed by atoms with Crippen LogP contribution in [0, 0.1) is 11.3 Å². The van der Waals surface area contributed by atoms with Crippen LogP contribution in [0.5, 0.6) is 0 Å². The number of hydrogen-bond acceptors (Lipinski definition) is 2. The fourth-order valence-electron chi connectivity index (χ4n) is 2.83. The predicted molar refractivity (Wildman–Crippen MR) is 68.4 cm³/mol. The molecular formula is C14H19F3N2. The van der Waals surface area contributed by atoms with Gasteiger partial charge >= 0.3 is 6.18 Å². The maximum atomic E-state index is 13.1. The number of alkyl halides is 3. The summed E-state index contributed by atoms with van der Waals surface area (Å²) in [6, 6.07) is 9.56. The van der Waals surface area contributed by atoms with E-state index >= 15 is 0 Å². The molecule has 1 fully saturated rings. The molecule has 1 aromatic carbocycles. The quantitative estimate of drug-likeness (QED) is 0.916. The van der Waals surface area contributed by atoms with Crippen molar-refractivity contribution in [3.8, 4) is 0 Å². The second kappa shape index (κ2) is 5.13. The van der Waals surface area contributed by atoms with Gasteiger partial charge in [-0.15, -0.1) is 0 Å². The highest BCUT2D eigenvalue weighted by Crippen LogP contribution is 2.45. The molecule has 0 amide bonds. The lowest BCUT2D eigenvalue weighted by atomic mass is 9.79. The first-order chi connectivity index (χ1) is 8.85. The van der Waals surface area contributed by atoms with Gasteiger partial charge in [0.15, 0.2) is 0 Å². The number of halogens is 3. The van der Waals surface area contributed by atoms with Crippen molar-refractivity contribution in [2.75, 3.05) is 19.6 Å². The summed E-state index contributed by atoms with van der Waals surface area (Å²) in [7, 11) is 0. The molecule has 2 nitrogen and oxygen atoms in total. The normalized spacial score (nSPS) is 28.8. The van der Waals surface area contributed by atoms with Crippen LogP contribution in [-0.4, -0.2) is 30.7 Å². The van der Waals surface area contributed by atoms with E-state index in [0.29, 0.717) is 13.1 Å². The largest absolute Gasteiger partial charge is 0.393 e. The third-order valence-corrected chi connectivity index (χ3v) is 3.98. The summed E-state index contributed by atoms with van der Waals surface area (Å²) < 4.78 is 39.2. The third-order valence-electron chi connectivity index (χ3n) is 3.98. The average Bonchev–Trinajstić information content (AvgIpc) is 2.68. The van der Waals surface area contributed by atoms with Crippen molar-refractivity contribution in [2.24, 2.45) is 17.1 Å². The zero-order valence-corrected chi connectivity index (χ0v) is 11.0. The van der Waals surface area contributed by atoms with Gasteiger partial charge < -0.3 is 5.73 Å². The van der Waals surface area contributed by atoms with Gasteiger partial charge in [-0.1, -0.05) is 37.3 Å². The van der Waals surface area contributed by atoms with Gasteiger partial charge in [-0.25, -0.2) is 0 Å². The average molecular weight is 272 g/mol. The Labute approximate surface area is 111 Å². The maximum Gasteiger partial charge on any atom is 0.393 e. The minimum Gasteiger partial charge on any atom is -0.330 e. The van der Waals surface area contributed by atoms with E-state index in [1.807, 2.05) is 35.2 Å². The Kier molecular flexibility index (Phi) is 3.87. The molecule has 2 atom stereocenters. The van der Waals surface area contributed by atoms with Crippen LogP contribution in [0.15, 0.2) is 30.3 Å². The van der Waals surface area contributed by atoms with Crippen molar-refractivity contribution in [3.05, 3.63) is 35.9 Å². The van der Waals surface area contributed by atoms with Crippen LogP contribution in [0.3, 0.4) is 0 Å². The summed E-state index contributed by atoms with van der Waals surface area (Å²) in [5.74, 6) is -1.34. The van der Waals surface area contributed by atoms with E-state index in [-0.39, 0.29) is 13.1 Å². The Morgan fingerprint density at radius 1 is 1.32 bits per heavy atom. The van der Waals surface area contributed by atoms with Gasteiger partial charge in [0.1, 0.15) is 0 Å². The van der Waals surface area contributed by atoms with Gasteiger partial charge in [-0.2, -0.15) is 13.2 Å². The first-order valence-corrected chi connectivity index (χ1v) is 6.38. The Hall–Kier alpha value is -1.07. The lowest BCUT2D eigenvalue weighted by Crippen LogP contribution is -2.42. The van der Waals surface area contributed by atoms with Crippen molar-refractivity contribution < 1.29 is 13.2 Å². The first-order valence-electron chi connectivity index (χ1n) is 6.38. The molecule has 5 heteroatoms. The number of benzene rings is 1. The molecule has 0 aromatic heterocycles. The second-order valence-corrected chi connectivity index (χ2v) is 5.61. The maximum absolute atomic E-state index is 13.1. The van der Waals surface area contributed by atoms with Gasteiger partial charge in [0, 0.05) is 25.0 Å². The van der Waals surface area contributed by atoms with Crippen LogP contribution >= 0.6 is 0 Å². The molecule has 0 bridgehead atoms. The molecule has 2 rings (SSSR count). The molecule has 0 unspecified atom stereocenters. The molecule has 2 N–H and O–H groups in total. The minimum atomic E-state index is -4.18. The van der Waals surface area contributed by atoms with Crippen LogP contribution in [0.1, 0.15) is 12.5 Å². The SMILES string of the molecule is C[C@]1(CN)CN(Cc2ccccc2)C[C@@H]1C(F)(F)F. The highest BCUT2D eigenvalue weighted by Gasteiger charge is 2.55. The highest BCUT2D eigenvalue weighted by molar-refractivity contribution is 5.15. The Morgan fingerprint density at radius 2 is 1.95 bits per heavy atom. The number of hydrogen-bond donors (Lipinski definition) is 1. The van der Waals surface area contributed by atoms with E-state index < -0.39 is 17.5 Å².